The normalized spacial score (nSPS) is 22.0. The fraction of sp³-hybridized carbons (Fsp3) is 0.533. The zero-order valence-corrected chi connectivity index (χ0v) is 45.2. The van der Waals surface area contributed by atoms with Crippen molar-refractivity contribution in [1.29, 1.82) is 0 Å². The van der Waals surface area contributed by atoms with Crippen molar-refractivity contribution in [2.75, 3.05) is 67.5 Å². The molecule has 2 aromatic carbocycles. The average molecular weight is 1050 g/mol. The number of carbonyl (C=O) groups is 5. The van der Waals surface area contributed by atoms with Gasteiger partial charge in [0.15, 0.2) is 5.82 Å². The Hall–Kier alpha value is -6.75. The maximum absolute atomic E-state index is 15.4. The number of halogens is 1. The van der Waals surface area contributed by atoms with Gasteiger partial charge in [0.2, 0.25) is 30.0 Å². The summed E-state index contributed by atoms with van der Waals surface area (Å²) in [4.78, 5) is 93.0. The molecule has 1 atom stereocenters. The Morgan fingerprint density at radius 1 is 0.844 bits per heavy atom. The topological polar surface area (TPSA) is 169 Å². The second-order valence-electron chi connectivity index (χ2n) is 23.3. The highest BCUT2D eigenvalue weighted by Crippen LogP contribution is 2.53. The lowest BCUT2D eigenvalue weighted by molar-refractivity contribution is -0.150. The smallest absolute Gasteiger partial charge is 0.238 e. The summed E-state index contributed by atoms with van der Waals surface area (Å²) < 4.78 is 17.2. The van der Waals surface area contributed by atoms with E-state index in [1.165, 1.54) is 25.3 Å². The van der Waals surface area contributed by atoms with Gasteiger partial charge in [-0.25, -0.2) is 19.3 Å². The third-order valence-corrected chi connectivity index (χ3v) is 18.3. The number of anilines is 4. The molecule has 406 valence electrons. The minimum Gasteiger partial charge on any atom is -0.357 e. The quantitative estimate of drug-likeness (QED) is 0.102. The van der Waals surface area contributed by atoms with Crippen molar-refractivity contribution in [2.45, 2.75) is 141 Å². The predicted octanol–water partition coefficient (Wildman–Crippen LogP) is 8.88. The molecule has 4 saturated heterocycles. The van der Waals surface area contributed by atoms with E-state index in [0.717, 1.165) is 71.6 Å². The van der Waals surface area contributed by atoms with Gasteiger partial charge < -0.3 is 34.4 Å². The highest BCUT2D eigenvalue weighted by Gasteiger charge is 2.56. The van der Waals surface area contributed by atoms with Gasteiger partial charge in [-0.15, -0.1) is 0 Å². The Bertz CT molecular complexity index is 3020. The van der Waals surface area contributed by atoms with Gasteiger partial charge in [-0.1, -0.05) is 57.0 Å². The Kier molecular flexibility index (Phi) is 14.7. The van der Waals surface area contributed by atoms with Gasteiger partial charge in [0.25, 0.3) is 0 Å². The molecule has 11 rings (SSSR count). The number of fused-ring (bicyclic) bond motifs is 3. The van der Waals surface area contributed by atoms with Crippen molar-refractivity contribution >= 4 is 64.1 Å². The van der Waals surface area contributed by atoms with Gasteiger partial charge in [0, 0.05) is 86.2 Å². The third kappa shape index (κ3) is 9.86. The first-order chi connectivity index (χ1) is 37.3. The summed E-state index contributed by atoms with van der Waals surface area (Å²) in [6, 6.07) is 19.4. The van der Waals surface area contributed by atoms with Crippen LogP contribution in [-0.4, -0.2) is 129 Å². The van der Waals surface area contributed by atoms with Crippen LogP contribution >= 0.6 is 0 Å². The lowest BCUT2D eigenvalue weighted by atomic mass is 9.72. The van der Waals surface area contributed by atoms with E-state index in [1.54, 1.807) is 30.7 Å². The molecule has 2 N–H and O–H groups in total. The monoisotopic (exact) mass is 1050 g/mol. The highest BCUT2D eigenvalue weighted by molar-refractivity contribution is 6.09. The Labute approximate surface area is 451 Å². The van der Waals surface area contributed by atoms with Crippen LogP contribution in [0.1, 0.15) is 134 Å². The first-order valence-electron chi connectivity index (χ1n) is 28.4. The number of benzene rings is 2. The molecule has 5 aromatic rings. The second kappa shape index (κ2) is 21.6. The fourth-order valence-corrected chi connectivity index (χ4v) is 13.5. The number of imidazole rings is 1. The van der Waals surface area contributed by atoms with E-state index < -0.39 is 16.7 Å². The van der Waals surface area contributed by atoms with Crippen molar-refractivity contribution in [2.24, 2.45) is 11.3 Å². The van der Waals surface area contributed by atoms with Crippen LogP contribution in [0.4, 0.5) is 27.4 Å². The van der Waals surface area contributed by atoms with E-state index in [1.807, 2.05) is 39.5 Å². The van der Waals surface area contributed by atoms with Crippen molar-refractivity contribution in [1.82, 2.24) is 39.5 Å². The number of hydrogen-bond donors (Lipinski definition) is 2. The van der Waals surface area contributed by atoms with Crippen LogP contribution in [-0.2, 0) is 29.4 Å². The molecule has 0 bridgehead atoms. The number of rotatable bonds is 14. The summed E-state index contributed by atoms with van der Waals surface area (Å²) in [6.07, 6.45) is 14.6. The molecule has 5 fully saturated rings. The van der Waals surface area contributed by atoms with Crippen LogP contribution in [0.25, 0.3) is 22.3 Å². The molecule has 5 aliphatic heterocycles. The predicted molar refractivity (Wildman–Crippen MR) is 295 cm³/mol. The molecule has 1 spiro atoms. The number of hydrogen-bond acceptors (Lipinski definition) is 11. The molecule has 17 heteroatoms. The van der Waals surface area contributed by atoms with Gasteiger partial charge >= 0.3 is 0 Å². The summed E-state index contributed by atoms with van der Waals surface area (Å²) in [6.45, 7) is 13.8. The number of nitrogens with one attached hydrogen (secondary N) is 2. The number of para-hydroxylation sites is 1. The van der Waals surface area contributed by atoms with Gasteiger partial charge in [-0.05, 0) is 139 Å². The summed E-state index contributed by atoms with van der Waals surface area (Å²) in [7, 11) is 0. The van der Waals surface area contributed by atoms with Crippen molar-refractivity contribution in [3.05, 3.63) is 90.1 Å². The number of aromatic nitrogens is 4. The molecule has 16 nitrogen and oxygen atoms in total. The fourth-order valence-electron chi connectivity index (χ4n) is 13.5. The Morgan fingerprint density at radius 3 is 2.25 bits per heavy atom. The minimum absolute atomic E-state index is 0.0727. The molecular formula is C60H74FN11O5. The van der Waals surface area contributed by atoms with E-state index in [0.29, 0.717) is 114 Å². The molecule has 5 amide bonds. The summed E-state index contributed by atoms with van der Waals surface area (Å²) >= 11 is 0. The van der Waals surface area contributed by atoms with Gasteiger partial charge in [-0.2, -0.15) is 0 Å². The first kappa shape index (κ1) is 52.3. The van der Waals surface area contributed by atoms with Crippen molar-refractivity contribution in [3.63, 3.8) is 0 Å². The molecule has 1 unspecified atom stereocenters. The largest absolute Gasteiger partial charge is 0.357 e. The maximum atomic E-state index is 15.4. The second-order valence-corrected chi connectivity index (χ2v) is 23.3. The number of amides is 5. The molecule has 3 aromatic heterocycles. The van der Waals surface area contributed by atoms with E-state index >= 15 is 9.18 Å². The summed E-state index contributed by atoms with van der Waals surface area (Å²) in [5, 5.41) is 5.57. The molecule has 1 aliphatic carbocycles. The van der Waals surface area contributed by atoms with Crippen molar-refractivity contribution < 1.29 is 28.4 Å². The minimum atomic E-state index is -0.759. The van der Waals surface area contributed by atoms with Crippen LogP contribution < -0.4 is 20.4 Å². The Balaban J connectivity index is 0.764. The number of nitrogens with zero attached hydrogens (tertiary/aromatic N) is 9. The van der Waals surface area contributed by atoms with Crippen LogP contribution in [0.5, 0.6) is 0 Å². The number of likely N-dealkylation sites (tertiary alicyclic amines) is 3. The van der Waals surface area contributed by atoms with E-state index in [-0.39, 0.29) is 47.4 Å². The third-order valence-electron chi connectivity index (χ3n) is 18.3. The molecule has 8 heterocycles. The van der Waals surface area contributed by atoms with Gasteiger partial charge in [0.1, 0.15) is 17.2 Å². The Morgan fingerprint density at radius 2 is 1.57 bits per heavy atom. The standard InChI is InChI=1S/C60H74FN11O5/c1-5-11-45(55(74)64-38-73)42-15-17-52(62-36-42)68-26-18-40(19-27-68)56(75)69-28-20-59(4,21-29-69)57(76)70-30-22-60(23-31-70)46-16-14-41(32-51(46)72(58(60)77)44-33-43(34-44)67-24-9-6-10-25-67)49-35-50-53(71(37-63-50)39(2)3)54(66-49)65-48-13-8-7-12-47(48)61/h7-8,12-17,32,35-40,43-45H,5-6,9-11,18-31,33-34H2,1-4H3,(H,65,66)(H,64,73,74). The summed E-state index contributed by atoms with van der Waals surface area (Å²) in [5.74, 6) is 0.465. The van der Waals surface area contributed by atoms with Crippen LogP contribution in [0.15, 0.2) is 73.2 Å². The number of imide groups is 1. The SMILES string of the molecule is CCCC(C(=O)NC=O)c1ccc(N2CCC(C(=O)N3CCC(C)(C(=O)N4CCC5(CC4)C(=O)N(C4CC(N6CCCCC6)C4)c4cc(-c6cc7ncn(C(C)C)c7c(Nc7ccccc7F)n6)ccc45)CC3)CC2)nc1. The highest BCUT2D eigenvalue weighted by atomic mass is 19.1. The van der Waals surface area contributed by atoms with Crippen LogP contribution in [0.2, 0.25) is 0 Å². The molecular weight excluding hydrogens is 974 g/mol. The molecule has 0 radical (unpaired) electrons. The number of carbonyl (C=O) groups excluding carboxylic acids is 5. The van der Waals surface area contributed by atoms with Gasteiger partial charge in [0.05, 0.1) is 34.6 Å². The number of piperidine rings is 4. The van der Waals surface area contributed by atoms with E-state index in [4.69, 9.17) is 9.97 Å². The van der Waals surface area contributed by atoms with E-state index in [2.05, 4.69) is 69.3 Å². The first-order valence-corrected chi connectivity index (χ1v) is 28.4. The van der Waals surface area contributed by atoms with Crippen molar-refractivity contribution in [3.8, 4) is 11.3 Å². The zero-order chi connectivity index (χ0) is 53.6. The van der Waals surface area contributed by atoms with Crippen LogP contribution in [0, 0.1) is 17.2 Å². The molecule has 77 heavy (non-hydrogen) atoms. The van der Waals surface area contributed by atoms with Crippen LogP contribution in [0.3, 0.4) is 0 Å². The maximum Gasteiger partial charge on any atom is 0.238 e. The molecule has 1 saturated carbocycles. The zero-order valence-electron chi connectivity index (χ0n) is 45.2. The number of pyridine rings is 2. The van der Waals surface area contributed by atoms with E-state index in [9.17, 15) is 19.2 Å². The lowest BCUT2D eigenvalue weighted by Crippen LogP contribution is -2.59. The lowest BCUT2D eigenvalue weighted by Gasteiger charge is -2.48. The van der Waals surface area contributed by atoms with Gasteiger partial charge in [-0.3, -0.25) is 29.3 Å². The molecule has 6 aliphatic rings. The summed E-state index contributed by atoms with van der Waals surface area (Å²) in [5.41, 5.74) is 4.71. The average Bonchev–Trinajstić information content (AvgIpc) is 4.16.